The minimum Gasteiger partial charge on any atom is -0.509 e. The molecule has 0 N–H and O–H groups in total. The molecule has 0 atom stereocenters. The van der Waals surface area contributed by atoms with Crippen molar-refractivity contribution in [2.75, 3.05) is 0 Å². The molecule has 6 heteroatoms. The van der Waals surface area contributed by atoms with Gasteiger partial charge in [-0.3, -0.25) is 4.68 Å². The summed E-state index contributed by atoms with van der Waals surface area (Å²) in [5.74, 6) is 2.72. The number of hydrogen-bond acceptors (Lipinski definition) is 3. The summed E-state index contributed by atoms with van der Waals surface area (Å²) >= 11 is 0. The Morgan fingerprint density at radius 1 is 0.812 bits per heavy atom. The number of pyridine rings is 1. The van der Waals surface area contributed by atoms with E-state index in [1.165, 1.54) is 16.5 Å². The van der Waals surface area contributed by atoms with Gasteiger partial charge >= 0.3 is 21.1 Å². The number of aryl methyl sites for hydroxylation is 3. The predicted octanol–water partition coefficient (Wildman–Crippen LogP) is 10.5. The van der Waals surface area contributed by atoms with E-state index in [0.29, 0.717) is 17.4 Å². The minimum atomic E-state index is 0. The molecule has 7 aromatic rings. The molecule has 0 aliphatic heterocycles. The minimum absolute atomic E-state index is 0. The molecular formula is C42H40N4OPt. The molecule has 48 heavy (non-hydrogen) atoms. The van der Waals surface area contributed by atoms with Gasteiger partial charge in [-0.25, -0.2) is 4.98 Å². The summed E-state index contributed by atoms with van der Waals surface area (Å²) in [4.78, 5) is 4.77. The Labute approximate surface area is 297 Å². The molecule has 244 valence electrons. The van der Waals surface area contributed by atoms with Gasteiger partial charge in [0.15, 0.2) is 0 Å². The Kier molecular flexibility index (Phi) is 9.71. The molecule has 4 aromatic carbocycles. The van der Waals surface area contributed by atoms with Crippen molar-refractivity contribution < 1.29 is 25.8 Å². The molecule has 0 unspecified atom stereocenters. The molecule has 3 aromatic heterocycles. The fraction of sp³-hybridized carbons (Fsp3) is 0.238. The first kappa shape index (κ1) is 33.4. The second-order valence-electron chi connectivity index (χ2n) is 13.0. The number of ether oxygens (including phenoxy) is 1. The van der Waals surface area contributed by atoms with Crippen LogP contribution in [0.1, 0.15) is 55.3 Å². The van der Waals surface area contributed by atoms with Crippen LogP contribution in [-0.4, -0.2) is 19.3 Å². The number of aromatic nitrogens is 4. The normalized spacial score (nSPS) is 11.4. The van der Waals surface area contributed by atoms with Gasteiger partial charge in [-0.1, -0.05) is 81.6 Å². The van der Waals surface area contributed by atoms with Crippen LogP contribution < -0.4 is 4.74 Å². The van der Waals surface area contributed by atoms with Crippen LogP contribution in [0.4, 0.5) is 0 Å². The molecule has 0 saturated heterocycles. The molecule has 7 rings (SSSR count). The van der Waals surface area contributed by atoms with Crippen LogP contribution in [0, 0.1) is 38.8 Å². The van der Waals surface area contributed by atoms with Gasteiger partial charge in [0.05, 0.1) is 5.69 Å². The van der Waals surface area contributed by atoms with Crippen molar-refractivity contribution in [3.8, 4) is 34.1 Å². The average Bonchev–Trinajstić information content (AvgIpc) is 3.53. The average molecular weight is 812 g/mol. The summed E-state index contributed by atoms with van der Waals surface area (Å²) in [6.45, 7) is 13.0. The van der Waals surface area contributed by atoms with Crippen molar-refractivity contribution in [3.05, 3.63) is 131 Å². The van der Waals surface area contributed by atoms with Crippen LogP contribution in [0.5, 0.6) is 11.5 Å². The van der Waals surface area contributed by atoms with E-state index in [1.54, 1.807) is 0 Å². The SMILES string of the molecule is CCCc1cc(Oc2[c-]c3c(cc2)c2cc(CC(C)C)ccc2n3-c2cc(C)ccn2)[c-]c(-n2nc(C)c(-c3ccccc3)c2C)c1.[Pt+2]. The maximum absolute atomic E-state index is 6.60. The standard InChI is InChI=1S/C42H40N4O.Pt/c1-7-11-31-22-34(46-30(6)42(29(5)44-46)33-12-9-8-10-13-33)25-36(23-31)47-35-15-16-37-38-24-32(20-27(2)3)14-17-39(38)45(40(37)26-35)41-21-28(4)18-19-43-41;/h8-10,12-19,21-24,27H,7,11,20H2,1-6H3;/q-2;+2. The van der Waals surface area contributed by atoms with Crippen molar-refractivity contribution in [2.45, 2.75) is 60.8 Å². The van der Waals surface area contributed by atoms with Crippen molar-refractivity contribution in [1.82, 2.24) is 19.3 Å². The Morgan fingerprint density at radius 3 is 2.38 bits per heavy atom. The molecule has 0 aliphatic rings. The van der Waals surface area contributed by atoms with Gasteiger partial charge in [0, 0.05) is 34.5 Å². The molecule has 3 heterocycles. The zero-order valence-corrected chi connectivity index (χ0v) is 30.6. The van der Waals surface area contributed by atoms with Crippen LogP contribution in [-0.2, 0) is 33.9 Å². The van der Waals surface area contributed by atoms with E-state index < -0.39 is 0 Å². The quantitative estimate of drug-likeness (QED) is 0.136. The van der Waals surface area contributed by atoms with E-state index in [0.717, 1.165) is 75.3 Å². The fourth-order valence-corrected chi connectivity index (χ4v) is 6.71. The zero-order chi connectivity index (χ0) is 32.7. The second-order valence-corrected chi connectivity index (χ2v) is 13.0. The summed E-state index contributed by atoms with van der Waals surface area (Å²) in [7, 11) is 0. The first-order valence-electron chi connectivity index (χ1n) is 16.6. The van der Waals surface area contributed by atoms with Gasteiger partial charge in [-0.05, 0) is 79.1 Å². The molecule has 0 aliphatic carbocycles. The molecule has 0 saturated carbocycles. The first-order chi connectivity index (χ1) is 22.8. The predicted molar refractivity (Wildman–Crippen MR) is 192 cm³/mol. The summed E-state index contributed by atoms with van der Waals surface area (Å²) in [5.41, 5.74) is 10.9. The largest absolute Gasteiger partial charge is 2.00 e. The number of hydrogen-bond donors (Lipinski definition) is 0. The van der Waals surface area contributed by atoms with E-state index in [1.807, 2.05) is 29.1 Å². The van der Waals surface area contributed by atoms with Crippen molar-refractivity contribution in [3.63, 3.8) is 0 Å². The summed E-state index contributed by atoms with van der Waals surface area (Å²) in [6.07, 6.45) is 4.85. The summed E-state index contributed by atoms with van der Waals surface area (Å²) in [6, 6.07) is 37.0. The third-order valence-corrected chi connectivity index (χ3v) is 8.72. The monoisotopic (exact) mass is 811 g/mol. The van der Waals surface area contributed by atoms with E-state index in [9.17, 15) is 0 Å². The molecule has 0 radical (unpaired) electrons. The summed E-state index contributed by atoms with van der Waals surface area (Å²) in [5, 5.41) is 7.28. The van der Waals surface area contributed by atoms with Gasteiger partial charge in [0.1, 0.15) is 5.82 Å². The van der Waals surface area contributed by atoms with Crippen LogP contribution in [0.3, 0.4) is 0 Å². The van der Waals surface area contributed by atoms with Crippen LogP contribution >= 0.6 is 0 Å². The van der Waals surface area contributed by atoms with E-state index in [2.05, 4.69) is 125 Å². The van der Waals surface area contributed by atoms with Crippen molar-refractivity contribution >= 4 is 21.8 Å². The molecule has 0 bridgehead atoms. The van der Waals surface area contributed by atoms with Gasteiger partial charge < -0.3 is 9.30 Å². The van der Waals surface area contributed by atoms with E-state index in [4.69, 9.17) is 14.8 Å². The van der Waals surface area contributed by atoms with Gasteiger partial charge in [-0.15, -0.1) is 35.7 Å². The molecule has 5 nitrogen and oxygen atoms in total. The maximum atomic E-state index is 6.60. The molecule has 0 spiro atoms. The Hall–Kier alpha value is -4.47. The molecule has 0 amide bonds. The molecular weight excluding hydrogens is 772 g/mol. The molecule has 0 fully saturated rings. The Bertz CT molecular complexity index is 2230. The topological polar surface area (TPSA) is 44.9 Å². The smallest absolute Gasteiger partial charge is 0.509 e. The zero-order valence-electron chi connectivity index (χ0n) is 28.4. The number of nitrogens with zero attached hydrogens (tertiary/aromatic N) is 4. The second kappa shape index (κ2) is 13.9. The van der Waals surface area contributed by atoms with Gasteiger partial charge in [0.25, 0.3) is 0 Å². The third-order valence-electron chi connectivity index (χ3n) is 8.72. The van der Waals surface area contributed by atoms with Crippen LogP contribution in [0.15, 0.2) is 91.1 Å². The Morgan fingerprint density at radius 2 is 1.62 bits per heavy atom. The maximum Gasteiger partial charge on any atom is 2.00 e. The van der Waals surface area contributed by atoms with E-state index in [-0.39, 0.29) is 21.1 Å². The van der Waals surface area contributed by atoms with Gasteiger partial charge in [-0.2, -0.15) is 16.7 Å². The number of benzene rings is 4. The van der Waals surface area contributed by atoms with Crippen molar-refractivity contribution in [1.29, 1.82) is 0 Å². The number of rotatable bonds is 9. The van der Waals surface area contributed by atoms with Crippen LogP contribution in [0.2, 0.25) is 0 Å². The third kappa shape index (κ3) is 6.49. The fourth-order valence-electron chi connectivity index (χ4n) is 6.71. The van der Waals surface area contributed by atoms with Gasteiger partial charge in [0.2, 0.25) is 0 Å². The Balaban J connectivity index is 0.00000401. The number of fused-ring (bicyclic) bond motifs is 3. The van der Waals surface area contributed by atoms with E-state index >= 15 is 0 Å². The first-order valence-corrected chi connectivity index (χ1v) is 16.6. The van der Waals surface area contributed by atoms with Crippen LogP contribution in [0.25, 0.3) is 44.4 Å². The van der Waals surface area contributed by atoms with Crippen molar-refractivity contribution in [2.24, 2.45) is 5.92 Å². The summed E-state index contributed by atoms with van der Waals surface area (Å²) < 4.78 is 10.8.